The predicted molar refractivity (Wildman–Crippen MR) is 121 cm³/mol. The van der Waals surface area contributed by atoms with Crippen LogP contribution in [0.15, 0.2) is 36.7 Å². The van der Waals surface area contributed by atoms with E-state index in [0.29, 0.717) is 0 Å². The summed E-state index contributed by atoms with van der Waals surface area (Å²) in [5.74, 6) is 0. The van der Waals surface area contributed by atoms with Gasteiger partial charge in [0.1, 0.15) is 16.3 Å². The van der Waals surface area contributed by atoms with E-state index in [0.717, 1.165) is 10.7 Å². The molecule has 2 aromatic rings. The summed E-state index contributed by atoms with van der Waals surface area (Å²) in [5.41, 5.74) is 2.72. The van der Waals surface area contributed by atoms with E-state index >= 15 is 0 Å². The minimum atomic E-state index is 1.14. The second-order valence-corrected chi connectivity index (χ2v) is 8.20. The van der Waals surface area contributed by atoms with Gasteiger partial charge >= 0.3 is 0 Å². The molecule has 2 radical (unpaired) electrons. The van der Waals surface area contributed by atoms with Crippen molar-refractivity contribution >= 4 is 48.2 Å². The molecule has 0 saturated heterocycles. The van der Waals surface area contributed by atoms with E-state index in [1.165, 1.54) is 68.0 Å². The molecule has 2 rings (SSSR count). The summed E-state index contributed by atoms with van der Waals surface area (Å²) < 4.78 is 0. The van der Waals surface area contributed by atoms with Gasteiger partial charge in [0.2, 0.25) is 0 Å². The first-order valence-corrected chi connectivity index (χ1v) is 12.4. The van der Waals surface area contributed by atoms with E-state index < -0.39 is 0 Å². The number of hydrogen-bond donors (Lipinski definition) is 2. The van der Waals surface area contributed by atoms with E-state index in [1.807, 2.05) is 12.4 Å². The molecule has 0 aliphatic rings. The van der Waals surface area contributed by atoms with Crippen molar-refractivity contribution in [2.24, 2.45) is 0 Å². The van der Waals surface area contributed by atoms with Crippen molar-refractivity contribution in [1.29, 1.82) is 0 Å². The van der Waals surface area contributed by atoms with Crippen molar-refractivity contribution in [2.45, 2.75) is 63.6 Å². The van der Waals surface area contributed by atoms with Crippen LogP contribution >= 0.6 is 31.9 Å². The summed E-state index contributed by atoms with van der Waals surface area (Å²) in [6, 6.07) is 8.40. The van der Waals surface area contributed by atoms with Crippen molar-refractivity contribution in [1.82, 2.24) is 9.97 Å². The lowest BCUT2D eigenvalue weighted by molar-refractivity contribution is 0.716. The standard InChI is InChI=1S/2C9H14BrN.C2H5.Al/c2*10-7-3-1-2-5-9-6-4-8-11-9;1-2;/h2*4,6,8,11H,1-3,5,7H2;1H2,2H3;. The molecular formula is C20H33AlBr2N2. The van der Waals surface area contributed by atoms with Crippen LogP contribution in [0.25, 0.3) is 0 Å². The number of rotatable bonds is 10. The van der Waals surface area contributed by atoms with Gasteiger partial charge in [-0.05, 0) is 62.8 Å². The van der Waals surface area contributed by atoms with E-state index in [-0.39, 0.29) is 0 Å². The average Bonchev–Trinajstić information content (AvgIpc) is 3.31. The third-order valence-corrected chi connectivity index (χ3v) is 4.61. The lowest BCUT2D eigenvalue weighted by Gasteiger charge is -1.96. The molecule has 0 aromatic carbocycles. The number of H-pyrrole nitrogens is 2. The third-order valence-electron chi connectivity index (χ3n) is 3.48. The highest BCUT2D eigenvalue weighted by atomic mass is 79.9. The fourth-order valence-electron chi connectivity index (χ4n) is 2.22. The van der Waals surface area contributed by atoms with Gasteiger partial charge in [-0.25, -0.2) is 0 Å². The zero-order valence-corrected chi connectivity index (χ0v) is 19.9. The first-order chi connectivity index (χ1) is 12.3. The molecule has 140 valence electrons. The maximum atomic E-state index is 3.42. The molecule has 2 N–H and O–H groups in total. The molecule has 2 nitrogen and oxygen atoms in total. The second kappa shape index (κ2) is 20.4. The summed E-state index contributed by atoms with van der Waals surface area (Å²) in [7, 11) is 0. The van der Waals surface area contributed by atoms with Gasteiger partial charge in [0.25, 0.3) is 0 Å². The number of nitrogens with one attached hydrogen (secondary N) is 2. The van der Waals surface area contributed by atoms with Crippen LogP contribution in [0.2, 0.25) is 5.28 Å². The van der Waals surface area contributed by atoms with Gasteiger partial charge < -0.3 is 9.97 Å². The number of aryl methyl sites for hydroxylation is 2. The molecule has 0 saturated carbocycles. The highest BCUT2D eigenvalue weighted by Gasteiger charge is 1.92. The van der Waals surface area contributed by atoms with Gasteiger partial charge in [-0.1, -0.05) is 51.6 Å². The van der Waals surface area contributed by atoms with Crippen LogP contribution in [0.4, 0.5) is 0 Å². The van der Waals surface area contributed by atoms with E-state index in [2.05, 4.69) is 89.3 Å². The average molecular weight is 488 g/mol. The van der Waals surface area contributed by atoms with Crippen LogP contribution in [-0.2, 0) is 12.8 Å². The molecule has 0 bridgehead atoms. The van der Waals surface area contributed by atoms with Gasteiger partial charge in [-0.3, -0.25) is 0 Å². The molecule has 0 aliphatic carbocycles. The summed E-state index contributed by atoms with van der Waals surface area (Å²) in [5, 5.41) is 3.44. The van der Waals surface area contributed by atoms with Crippen LogP contribution in [0.1, 0.15) is 56.8 Å². The van der Waals surface area contributed by atoms with E-state index in [4.69, 9.17) is 0 Å². The summed E-state index contributed by atoms with van der Waals surface area (Å²) in [6.07, 6.45) is 14.2. The Balaban J connectivity index is 0.000000399. The monoisotopic (exact) mass is 486 g/mol. The van der Waals surface area contributed by atoms with Crippen LogP contribution in [0.3, 0.4) is 0 Å². The summed E-state index contributed by atoms with van der Waals surface area (Å²) in [6.45, 7) is 2.09. The van der Waals surface area contributed by atoms with Gasteiger partial charge in [-0.2, -0.15) is 0 Å². The lowest BCUT2D eigenvalue weighted by Crippen LogP contribution is -1.85. The van der Waals surface area contributed by atoms with Gasteiger partial charge in [0.05, 0.1) is 0 Å². The first kappa shape index (κ1) is 25.1. The molecule has 2 heterocycles. The van der Waals surface area contributed by atoms with Crippen LogP contribution in [-0.4, -0.2) is 36.9 Å². The van der Waals surface area contributed by atoms with Crippen molar-refractivity contribution in [3.05, 3.63) is 48.0 Å². The van der Waals surface area contributed by atoms with Crippen LogP contribution in [0.5, 0.6) is 0 Å². The van der Waals surface area contributed by atoms with Crippen molar-refractivity contribution in [3.8, 4) is 0 Å². The van der Waals surface area contributed by atoms with E-state index in [1.54, 1.807) is 0 Å². The second-order valence-electron chi connectivity index (χ2n) is 5.80. The number of alkyl halides is 2. The van der Waals surface area contributed by atoms with Gasteiger partial charge in [0.15, 0.2) is 0 Å². The number of aromatic nitrogens is 2. The van der Waals surface area contributed by atoms with Crippen LogP contribution in [0, 0.1) is 0 Å². The fraction of sp³-hybridized carbons (Fsp3) is 0.600. The highest BCUT2D eigenvalue weighted by Crippen LogP contribution is 2.05. The Bertz CT molecular complexity index is 402. The SMILES string of the molecule is BrCCCCCc1ccc[nH]1.BrCCCCCc1ccc[nH]1.C[CH2][Al]. The first-order valence-electron chi connectivity index (χ1n) is 9.35. The van der Waals surface area contributed by atoms with Crippen molar-refractivity contribution < 1.29 is 0 Å². The van der Waals surface area contributed by atoms with Crippen molar-refractivity contribution in [3.63, 3.8) is 0 Å². The number of aromatic amines is 2. The quantitative estimate of drug-likeness (QED) is 0.209. The Morgan fingerprint density at radius 2 is 1.16 bits per heavy atom. The molecule has 2 aromatic heterocycles. The molecule has 0 unspecified atom stereocenters. The number of unbranched alkanes of at least 4 members (excludes halogenated alkanes) is 4. The minimum Gasteiger partial charge on any atom is -0.365 e. The molecule has 25 heavy (non-hydrogen) atoms. The highest BCUT2D eigenvalue weighted by molar-refractivity contribution is 9.09. The maximum absolute atomic E-state index is 3.42. The summed E-state index contributed by atoms with van der Waals surface area (Å²) in [4.78, 5) is 6.40. The maximum Gasteiger partial charge on any atom is 0.117 e. The zero-order chi connectivity index (χ0) is 18.6. The number of halogens is 2. The van der Waals surface area contributed by atoms with Gasteiger partial charge in [0, 0.05) is 34.4 Å². The molecule has 0 spiro atoms. The Labute approximate surface area is 179 Å². The fourth-order valence-corrected chi connectivity index (χ4v) is 3.01. The van der Waals surface area contributed by atoms with Crippen molar-refractivity contribution in [2.75, 3.05) is 10.7 Å². The Kier molecular flexibility index (Phi) is 20.4. The normalized spacial score (nSPS) is 9.72. The predicted octanol–water partition coefficient (Wildman–Crippen LogP) is 6.84. The molecule has 0 aliphatic heterocycles. The lowest BCUT2D eigenvalue weighted by atomic mass is 10.2. The third kappa shape index (κ3) is 17.2. The smallest absolute Gasteiger partial charge is 0.117 e. The molecular weight excluding hydrogens is 455 g/mol. The Morgan fingerprint density at radius 3 is 1.44 bits per heavy atom. The molecule has 0 amide bonds. The summed E-state index contributed by atoms with van der Waals surface area (Å²) >= 11 is 9.42. The largest absolute Gasteiger partial charge is 0.365 e. The van der Waals surface area contributed by atoms with Gasteiger partial charge in [-0.15, -0.1) is 5.28 Å². The molecule has 0 fully saturated rings. The number of hydrogen-bond acceptors (Lipinski definition) is 0. The minimum absolute atomic E-state index is 1.14. The topological polar surface area (TPSA) is 31.6 Å². The zero-order valence-electron chi connectivity index (χ0n) is 15.6. The van der Waals surface area contributed by atoms with E-state index in [9.17, 15) is 0 Å². The Morgan fingerprint density at radius 1 is 0.760 bits per heavy atom. The Hall–Kier alpha value is 0.0525. The van der Waals surface area contributed by atoms with Crippen LogP contribution < -0.4 is 0 Å². The molecule has 5 heteroatoms. The molecule has 0 atom stereocenters.